The molecule has 0 radical (unpaired) electrons. The number of hydrogen-bond acceptors (Lipinski definition) is 6. The number of benzene rings is 2. The molecule has 0 fully saturated rings. The van der Waals surface area contributed by atoms with Gasteiger partial charge in [0, 0.05) is 5.69 Å². The topological polar surface area (TPSA) is 95.6 Å². The minimum absolute atomic E-state index is 0.0909. The van der Waals surface area contributed by atoms with Gasteiger partial charge in [0.15, 0.2) is 0 Å². The second-order valence-electron chi connectivity index (χ2n) is 5.66. The Bertz CT molecular complexity index is 979. The first-order chi connectivity index (χ1) is 13.1. The predicted molar refractivity (Wildman–Crippen MR) is 98.3 cm³/mol. The highest BCUT2D eigenvalue weighted by atomic mass is 16.6. The van der Waals surface area contributed by atoms with Gasteiger partial charge in [0.05, 0.1) is 12.3 Å². The summed E-state index contributed by atoms with van der Waals surface area (Å²) in [4.78, 5) is 23.9. The Morgan fingerprint density at radius 3 is 2.70 bits per heavy atom. The maximum atomic E-state index is 12.0. The van der Waals surface area contributed by atoms with Crippen LogP contribution in [0.15, 0.2) is 57.7 Å². The van der Waals surface area contributed by atoms with Crippen LogP contribution in [0, 0.1) is 6.92 Å². The molecule has 8 heteroatoms. The third kappa shape index (κ3) is 4.55. The number of rotatable bonds is 6. The highest BCUT2D eigenvalue weighted by Crippen LogP contribution is 2.19. The molecule has 0 atom stereocenters. The van der Waals surface area contributed by atoms with Gasteiger partial charge in [0.25, 0.3) is 0 Å². The maximum Gasteiger partial charge on any atom is 0.444 e. The summed E-state index contributed by atoms with van der Waals surface area (Å²) in [6, 6.07) is 14.4. The monoisotopic (exact) mass is 369 g/mol. The van der Waals surface area contributed by atoms with Crippen LogP contribution in [0.3, 0.4) is 0 Å². The van der Waals surface area contributed by atoms with Crippen LogP contribution < -0.4 is 15.8 Å². The highest BCUT2D eigenvalue weighted by Gasteiger charge is 2.13. The molecular weight excluding hydrogens is 350 g/mol. The number of aryl methyl sites for hydroxylation is 1. The molecule has 0 aliphatic heterocycles. The molecular formula is C19H19N3O5. The molecule has 0 saturated heterocycles. The first kappa shape index (κ1) is 18.2. The van der Waals surface area contributed by atoms with Gasteiger partial charge in [-0.05, 0) is 43.2 Å². The average molecular weight is 369 g/mol. The number of amides is 1. The van der Waals surface area contributed by atoms with E-state index in [1.165, 1.54) is 0 Å². The quantitative estimate of drug-likeness (QED) is 0.716. The zero-order valence-corrected chi connectivity index (χ0v) is 15.0. The second kappa shape index (κ2) is 8.22. The number of nitrogens with one attached hydrogen (secondary N) is 1. The Morgan fingerprint density at radius 2 is 2.00 bits per heavy atom. The van der Waals surface area contributed by atoms with Crippen molar-refractivity contribution in [2.24, 2.45) is 0 Å². The van der Waals surface area contributed by atoms with Crippen molar-refractivity contribution >= 4 is 11.8 Å². The van der Waals surface area contributed by atoms with Crippen molar-refractivity contribution in [2.45, 2.75) is 20.5 Å². The zero-order valence-electron chi connectivity index (χ0n) is 15.0. The molecule has 0 aliphatic carbocycles. The van der Waals surface area contributed by atoms with Gasteiger partial charge in [0.2, 0.25) is 0 Å². The number of anilines is 1. The Balaban J connectivity index is 1.68. The van der Waals surface area contributed by atoms with Crippen LogP contribution >= 0.6 is 0 Å². The molecule has 0 aliphatic rings. The van der Waals surface area contributed by atoms with Crippen molar-refractivity contribution in [3.05, 3.63) is 70.2 Å². The summed E-state index contributed by atoms with van der Waals surface area (Å²) < 4.78 is 16.3. The SMILES string of the molecule is CCOc1nn(-c2ccc(NC(=O)OCc3ccccc3)c(C)c2)c(=O)o1. The van der Waals surface area contributed by atoms with Gasteiger partial charge in [-0.3, -0.25) is 5.32 Å². The molecule has 3 aromatic rings. The summed E-state index contributed by atoms with van der Waals surface area (Å²) in [5.74, 6) is -0.652. The molecule has 3 rings (SSSR count). The fraction of sp³-hybridized carbons (Fsp3) is 0.211. The third-order valence-electron chi connectivity index (χ3n) is 3.70. The van der Waals surface area contributed by atoms with Gasteiger partial charge < -0.3 is 13.9 Å². The highest BCUT2D eigenvalue weighted by molar-refractivity contribution is 5.85. The van der Waals surface area contributed by atoms with Crippen molar-refractivity contribution in [1.29, 1.82) is 0 Å². The molecule has 1 N–H and O–H groups in total. The van der Waals surface area contributed by atoms with Crippen molar-refractivity contribution in [3.63, 3.8) is 0 Å². The smallest absolute Gasteiger partial charge is 0.444 e. The Labute approximate surface area is 155 Å². The van der Waals surface area contributed by atoms with Gasteiger partial charge in [-0.2, -0.15) is 4.68 Å². The van der Waals surface area contributed by atoms with Crippen molar-refractivity contribution in [1.82, 2.24) is 9.78 Å². The minimum atomic E-state index is -0.652. The van der Waals surface area contributed by atoms with E-state index in [1.807, 2.05) is 30.3 Å². The predicted octanol–water partition coefficient (Wildman–Crippen LogP) is 3.28. The summed E-state index contributed by atoms with van der Waals surface area (Å²) in [5, 5.41) is 6.65. The third-order valence-corrected chi connectivity index (χ3v) is 3.70. The van der Waals surface area contributed by atoms with E-state index >= 15 is 0 Å². The number of carbonyl (C=O) groups excluding carboxylic acids is 1. The molecule has 0 saturated carbocycles. The van der Waals surface area contributed by atoms with Crippen LogP contribution in [-0.2, 0) is 11.3 Å². The van der Waals surface area contributed by atoms with Crippen LogP contribution in [0.1, 0.15) is 18.1 Å². The van der Waals surface area contributed by atoms with Crippen LogP contribution in [0.5, 0.6) is 6.08 Å². The van der Waals surface area contributed by atoms with Crippen molar-refractivity contribution < 1.29 is 18.7 Å². The molecule has 0 unspecified atom stereocenters. The van der Waals surface area contributed by atoms with E-state index in [4.69, 9.17) is 13.9 Å². The van der Waals surface area contributed by atoms with E-state index in [9.17, 15) is 9.59 Å². The molecule has 1 aromatic heterocycles. The first-order valence-electron chi connectivity index (χ1n) is 8.38. The summed E-state index contributed by atoms with van der Waals surface area (Å²) >= 11 is 0. The standard InChI is InChI=1S/C19H19N3O5/c1-3-25-18-21-22(19(24)27-18)15-9-10-16(13(2)11-15)20-17(23)26-12-14-7-5-4-6-8-14/h4-11H,3,12H2,1-2H3,(H,20,23). The van der Waals surface area contributed by atoms with E-state index in [0.717, 1.165) is 15.8 Å². The number of hydrogen-bond donors (Lipinski definition) is 1. The van der Waals surface area contributed by atoms with Crippen molar-refractivity contribution in [3.8, 4) is 11.8 Å². The van der Waals surface area contributed by atoms with Crippen LogP contribution in [0.4, 0.5) is 10.5 Å². The Hall–Kier alpha value is -3.55. The lowest BCUT2D eigenvalue weighted by molar-refractivity contribution is 0.155. The Kier molecular flexibility index (Phi) is 5.55. The molecule has 27 heavy (non-hydrogen) atoms. The number of carbonyl (C=O) groups is 1. The molecule has 0 bridgehead atoms. The molecule has 2 aromatic carbocycles. The van der Waals surface area contributed by atoms with E-state index in [1.54, 1.807) is 32.0 Å². The van der Waals surface area contributed by atoms with Gasteiger partial charge in [0.1, 0.15) is 6.61 Å². The fourth-order valence-electron chi connectivity index (χ4n) is 2.39. The van der Waals surface area contributed by atoms with E-state index < -0.39 is 11.8 Å². The number of ether oxygens (including phenoxy) is 2. The van der Waals surface area contributed by atoms with Gasteiger partial charge in [-0.25, -0.2) is 9.59 Å². The van der Waals surface area contributed by atoms with E-state index in [-0.39, 0.29) is 12.7 Å². The van der Waals surface area contributed by atoms with Gasteiger partial charge in [-0.1, -0.05) is 35.4 Å². The molecule has 1 amide bonds. The lowest BCUT2D eigenvalue weighted by atomic mass is 10.2. The van der Waals surface area contributed by atoms with Crippen molar-refractivity contribution in [2.75, 3.05) is 11.9 Å². The van der Waals surface area contributed by atoms with Crippen LogP contribution in [-0.4, -0.2) is 22.5 Å². The fourth-order valence-corrected chi connectivity index (χ4v) is 2.39. The Morgan fingerprint density at radius 1 is 1.22 bits per heavy atom. The summed E-state index contributed by atoms with van der Waals surface area (Å²) in [5.41, 5.74) is 2.70. The maximum absolute atomic E-state index is 12.0. The van der Waals surface area contributed by atoms with Gasteiger partial charge in [-0.15, -0.1) is 0 Å². The molecule has 140 valence electrons. The lowest BCUT2D eigenvalue weighted by Crippen LogP contribution is -2.16. The lowest BCUT2D eigenvalue weighted by Gasteiger charge is -2.10. The molecule has 1 heterocycles. The minimum Gasteiger partial charge on any atom is -0.449 e. The number of aromatic nitrogens is 2. The number of nitrogens with zero attached hydrogens (tertiary/aromatic N) is 2. The van der Waals surface area contributed by atoms with Crippen LogP contribution in [0.2, 0.25) is 0 Å². The normalized spacial score (nSPS) is 10.4. The largest absolute Gasteiger partial charge is 0.449 e. The summed E-state index contributed by atoms with van der Waals surface area (Å²) in [6.07, 6.45) is -0.654. The summed E-state index contributed by atoms with van der Waals surface area (Å²) in [7, 11) is 0. The average Bonchev–Trinajstić information content (AvgIpc) is 3.03. The van der Waals surface area contributed by atoms with Gasteiger partial charge >= 0.3 is 17.9 Å². The second-order valence-corrected chi connectivity index (χ2v) is 5.66. The van der Waals surface area contributed by atoms with E-state index in [0.29, 0.717) is 18.0 Å². The van der Waals surface area contributed by atoms with Crippen LogP contribution in [0.25, 0.3) is 5.69 Å². The molecule has 0 spiro atoms. The molecule has 8 nitrogen and oxygen atoms in total. The first-order valence-corrected chi connectivity index (χ1v) is 8.38. The zero-order chi connectivity index (χ0) is 19.2. The summed E-state index contributed by atoms with van der Waals surface area (Å²) in [6.45, 7) is 4.08. The van der Waals surface area contributed by atoms with E-state index in [2.05, 4.69) is 10.4 Å².